The number of hydrogen-bond donors (Lipinski definition) is 2. The molecule has 0 saturated carbocycles. The smallest absolute Gasteiger partial charge is 0.303 e. The molecule has 1 unspecified atom stereocenters. The summed E-state index contributed by atoms with van der Waals surface area (Å²) in [7, 11) is 0. The second-order valence-electron chi connectivity index (χ2n) is 7.60. The zero-order chi connectivity index (χ0) is 21.5. The number of carboxylic acids is 1. The molecule has 1 saturated heterocycles. The van der Waals surface area contributed by atoms with Crippen LogP contribution in [0.2, 0.25) is 5.02 Å². The van der Waals surface area contributed by atoms with Crippen LogP contribution in [0.25, 0.3) is 0 Å². The maximum Gasteiger partial charge on any atom is 0.303 e. The van der Waals surface area contributed by atoms with E-state index in [-0.39, 0.29) is 12.3 Å². The van der Waals surface area contributed by atoms with Crippen LogP contribution in [0, 0.1) is 0 Å². The average molecular weight is 432 g/mol. The molecular weight excluding hydrogens is 402 g/mol. The predicted octanol–water partition coefficient (Wildman–Crippen LogP) is 5.45. The van der Waals surface area contributed by atoms with Crippen LogP contribution >= 0.6 is 11.6 Å². The van der Waals surface area contributed by atoms with Gasteiger partial charge in [0.15, 0.2) is 0 Å². The van der Waals surface area contributed by atoms with Gasteiger partial charge in [0.2, 0.25) is 0 Å². The van der Waals surface area contributed by atoms with Crippen LogP contribution in [0.1, 0.15) is 51.0 Å². The van der Waals surface area contributed by atoms with Gasteiger partial charge >= 0.3 is 5.97 Å². The van der Waals surface area contributed by atoms with Crippen molar-refractivity contribution in [3.05, 3.63) is 47.1 Å². The van der Waals surface area contributed by atoms with Crippen LogP contribution in [-0.2, 0) is 9.53 Å². The van der Waals surface area contributed by atoms with E-state index in [0.717, 1.165) is 56.0 Å². The van der Waals surface area contributed by atoms with Gasteiger partial charge in [-0.1, -0.05) is 24.6 Å². The topological polar surface area (TPSA) is 74.7 Å². The van der Waals surface area contributed by atoms with Crippen molar-refractivity contribution in [1.82, 2.24) is 4.98 Å². The molecule has 1 fully saturated rings. The minimum atomic E-state index is -0.780. The molecule has 0 amide bonds. The Labute approximate surface area is 183 Å². The van der Waals surface area contributed by atoms with Gasteiger partial charge in [-0.05, 0) is 61.9 Å². The number of nitrogens with zero attached hydrogens (tertiary/aromatic N) is 2. The largest absolute Gasteiger partial charge is 0.481 e. The zero-order valence-electron chi connectivity index (χ0n) is 17.6. The lowest BCUT2D eigenvalue weighted by molar-refractivity contribution is -0.137. The molecule has 162 valence electrons. The fourth-order valence-corrected chi connectivity index (χ4v) is 4.19. The highest BCUT2D eigenvalue weighted by Gasteiger charge is 2.24. The summed E-state index contributed by atoms with van der Waals surface area (Å²) in [6.07, 6.45) is 4.48. The summed E-state index contributed by atoms with van der Waals surface area (Å²) in [5.41, 5.74) is 3.04. The average Bonchev–Trinajstić information content (AvgIpc) is 2.76. The molecule has 1 aromatic carbocycles. The van der Waals surface area contributed by atoms with Gasteiger partial charge in [0.05, 0.1) is 22.8 Å². The molecule has 6 nitrogen and oxygen atoms in total. The Morgan fingerprint density at radius 3 is 2.67 bits per heavy atom. The van der Waals surface area contributed by atoms with E-state index in [1.807, 2.05) is 13.0 Å². The van der Waals surface area contributed by atoms with Crippen LogP contribution in [0.3, 0.4) is 0 Å². The summed E-state index contributed by atoms with van der Waals surface area (Å²) < 4.78 is 5.55. The van der Waals surface area contributed by atoms with Crippen LogP contribution in [-0.4, -0.2) is 41.9 Å². The van der Waals surface area contributed by atoms with Gasteiger partial charge in [-0.25, -0.2) is 4.98 Å². The van der Waals surface area contributed by atoms with Gasteiger partial charge in [-0.15, -0.1) is 0 Å². The summed E-state index contributed by atoms with van der Waals surface area (Å²) in [6.45, 7) is 6.61. The van der Waals surface area contributed by atoms with Crippen molar-refractivity contribution in [2.75, 3.05) is 30.0 Å². The molecule has 2 heterocycles. The Hall–Kier alpha value is -2.31. The number of ether oxygens (including phenoxy) is 1. The first-order chi connectivity index (χ1) is 14.5. The number of benzene rings is 1. The molecule has 7 heteroatoms. The standard InChI is InChI=1S/C23H30ClN3O3/c1-3-16(14-23(28)29)17-5-7-21(27(4-2)19-9-11-30-12-10-19)20(13-17)26-22-8-6-18(24)15-25-22/h5-8,13,15-16,19H,3-4,9-12,14H2,1-2H3,(H,25,26)(H,28,29). The number of anilines is 3. The van der Waals surface area contributed by atoms with Crippen molar-refractivity contribution in [2.45, 2.75) is 51.5 Å². The van der Waals surface area contributed by atoms with E-state index >= 15 is 0 Å². The van der Waals surface area contributed by atoms with Gasteiger partial charge in [-0.2, -0.15) is 0 Å². The fourth-order valence-electron chi connectivity index (χ4n) is 4.08. The maximum absolute atomic E-state index is 11.3. The number of aliphatic carboxylic acids is 1. The molecule has 2 aromatic rings. The van der Waals surface area contributed by atoms with Crippen LogP contribution in [0.15, 0.2) is 36.5 Å². The minimum Gasteiger partial charge on any atom is -0.481 e. The number of carboxylic acid groups (broad SMARTS) is 1. The molecular formula is C23H30ClN3O3. The van der Waals surface area contributed by atoms with E-state index in [1.165, 1.54) is 0 Å². The number of rotatable bonds is 9. The Kier molecular flexibility index (Phi) is 7.94. The van der Waals surface area contributed by atoms with E-state index in [9.17, 15) is 9.90 Å². The van der Waals surface area contributed by atoms with Crippen molar-refractivity contribution >= 4 is 34.8 Å². The molecule has 1 aliphatic heterocycles. The molecule has 0 spiro atoms. The van der Waals surface area contributed by atoms with Crippen molar-refractivity contribution in [3.63, 3.8) is 0 Å². The SMILES string of the molecule is CCC(CC(=O)O)c1ccc(N(CC)C2CCOCC2)c(Nc2ccc(Cl)cn2)c1. The van der Waals surface area contributed by atoms with E-state index < -0.39 is 5.97 Å². The number of carbonyl (C=O) groups is 1. The zero-order valence-corrected chi connectivity index (χ0v) is 18.4. The van der Waals surface area contributed by atoms with E-state index in [2.05, 4.69) is 40.3 Å². The van der Waals surface area contributed by atoms with Crippen molar-refractivity contribution in [3.8, 4) is 0 Å². The van der Waals surface area contributed by atoms with Crippen molar-refractivity contribution < 1.29 is 14.6 Å². The molecule has 0 bridgehead atoms. The van der Waals surface area contributed by atoms with Gasteiger partial charge in [0.25, 0.3) is 0 Å². The van der Waals surface area contributed by atoms with Crippen LogP contribution < -0.4 is 10.2 Å². The van der Waals surface area contributed by atoms with E-state index in [1.54, 1.807) is 12.3 Å². The van der Waals surface area contributed by atoms with Gasteiger partial charge in [0.1, 0.15) is 5.82 Å². The second-order valence-corrected chi connectivity index (χ2v) is 8.03. The highest BCUT2D eigenvalue weighted by atomic mass is 35.5. The highest BCUT2D eigenvalue weighted by Crippen LogP contribution is 2.36. The number of hydrogen-bond acceptors (Lipinski definition) is 5. The third-order valence-electron chi connectivity index (χ3n) is 5.68. The molecule has 3 rings (SSSR count). The summed E-state index contributed by atoms with van der Waals surface area (Å²) in [5, 5.41) is 13.3. The molecule has 30 heavy (non-hydrogen) atoms. The quantitative estimate of drug-likeness (QED) is 0.549. The fraction of sp³-hybridized carbons (Fsp3) is 0.478. The maximum atomic E-state index is 11.3. The van der Waals surface area contributed by atoms with Gasteiger partial charge in [-0.3, -0.25) is 4.79 Å². The summed E-state index contributed by atoms with van der Waals surface area (Å²) in [4.78, 5) is 18.1. The lowest BCUT2D eigenvalue weighted by Gasteiger charge is -2.36. The van der Waals surface area contributed by atoms with Gasteiger partial charge in [0, 0.05) is 32.0 Å². The van der Waals surface area contributed by atoms with E-state index in [4.69, 9.17) is 16.3 Å². The minimum absolute atomic E-state index is 0.0339. The molecule has 1 atom stereocenters. The molecule has 0 radical (unpaired) electrons. The molecule has 1 aromatic heterocycles. The van der Waals surface area contributed by atoms with Crippen LogP contribution in [0.5, 0.6) is 0 Å². The lowest BCUT2D eigenvalue weighted by Crippen LogP contribution is -2.39. The van der Waals surface area contributed by atoms with Crippen molar-refractivity contribution in [1.29, 1.82) is 0 Å². The third kappa shape index (κ3) is 5.64. The number of halogens is 1. The third-order valence-corrected chi connectivity index (χ3v) is 5.90. The summed E-state index contributed by atoms with van der Waals surface area (Å²) in [6, 6.07) is 10.3. The van der Waals surface area contributed by atoms with Gasteiger partial charge < -0.3 is 20.1 Å². The number of nitrogens with one attached hydrogen (secondary N) is 1. The molecule has 2 N–H and O–H groups in total. The Balaban J connectivity index is 1.98. The number of aromatic nitrogens is 1. The Morgan fingerprint density at radius 1 is 1.30 bits per heavy atom. The molecule has 0 aliphatic carbocycles. The first-order valence-corrected chi connectivity index (χ1v) is 11.0. The monoisotopic (exact) mass is 431 g/mol. The first kappa shape index (κ1) is 22.4. The predicted molar refractivity (Wildman–Crippen MR) is 121 cm³/mol. The summed E-state index contributed by atoms with van der Waals surface area (Å²) in [5.74, 6) is -0.113. The summed E-state index contributed by atoms with van der Waals surface area (Å²) >= 11 is 5.99. The number of pyridine rings is 1. The van der Waals surface area contributed by atoms with E-state index in [0.29, 0.717) is 16.9 Å². The second kappa shape index (κ2) is 10.6. The Bertz CT molecular complexity index is 838. The molecule has 1 aliphatic rings. The normalized spacial score (nSPS) is 15.6. The van der Waals surface area contributed by atoms with Crippen molar-refractivity contribution in [2.24, 2.45) is 0 Å². The lowest BCUT2D eigenvalue weighted by atomic mass is 9.92. The first-order valence-electron chi connectivity index (χ1n) is 10.6. The Morgan fingerprint density at radius 2 is 2.07 bits per heavy atom. The van der Waals surface area contributed by atoms with Crippen LogP contribution in [0.4, 0.5) is 17.2 Å². The highest BCUT2D eigenvalue weighted by molar-refractivity contribution is 6.30.